The molecule has 1 atom stereocenters. The summed E-state index contributed by atoms with van der Waals surface area (Å²) in [5, 5.41) is 25.1. The summed E-state index contributed by atoms with van der Waals surface area (Å²) in [4.78, 5) is 16.5. The topological polar surface area (TPSA) is 106 Å². The summed E-state index contributed by atoms with van der Waals surface area (Å²) in [7, 11) is 0. The van der Waals surface area contributed by atoms with Crippen molar-refractivity contribution >= 4 is 5.65 Å². The van der Waals surface area contributed by atoms with Gasteiger partial charge in [-0.2, -0.15) is 5.26 Å². The van der Waals surface area contributed by atoms with Crippen LogP contribution in [0.1, 0.15) is 50.3 Å². The van der Waals surface area contributed by atoms with Crippen LogP contribution in [0.4, 0.5) is 0 Å². The van der Waals surface area contributed by atoms with Gasteiger partial charge in [0.2, 0.25) is 0 Å². The van der Waals surface area contributed by atoms with Crippen molar-refractivity contribution in [1.82, 2.24) is 19.9 Å². The maximum absolute atomic E-state index is 12.1. The average Bonchev–Trinajstić information content (AvgIpc) is 3.04. The van der Waals surface area contributed by atoms with Crippen LogP contribution in [0.2, 0.25) is 0 Å². The molecule has 3 rings (SSSR count). The third kappa shape index (κ3) is 3.07. The molecule has 0 aromatic carbocycles. The lowest BCUT2D eigenvalue weighted by Gasteiger charge is -2.39. The van der Waals surface area contributed by atoms with Crippen LogP contribution < -0.4 is 10.9 Å². The molecule has 3 N–H and O–H groups in total. The zero-order valence-electron chi connectivity index (χ0n) is 13.9. The summed E-state index contributed by atoms with van der Waals surface area (Å²) in [6, 6.07) is 3.48. The fourth-order valence-corrected chi connectivity index (χ4v) is 3.56. The number of H-pyrrole nitrogens is 1. The van der Waals surface area contributed by atoms with Crippen LogP contribution in [-0.2, 0) is 6.54 Å². The molecule has 0 aliphatic heterocycles. The summed E-state index contributed by atoms with van der Waals surface area (Å²) in [6.07, 6.45) is 7.34. The lowest BCUT2D eigenvalue weighted by molar-refractivity contribution is 0.0934. The van der Waals surface area contributed by atoms with Gasteiger partial charge in [-0.05, 0) is 25.7 Å². The second kappa shape index (κ2) is 6.75. The third-order valence-electron chi connectivity index (χ3n) is 5.18. The van der Waals surface area contributed by atoms with Gasteiger partial charge in [0, 0.05) is 24.3 Å². The van der Waals surface area contributed by atoms with Gasteiger partial charge in [-0.25, -0.2) is 9.50 Å². The Bertz CT molecular complexity index is 812. The van der Waals surface area contributed by atoms with Gasteiger partial charge in [0.15, 0.2) is 5.65 Å². The predicted octanol–water partition coefficient (Wildman–Crippen LogP) is 1.32. The van der Waals surface area contributed by atoms with E-state index in [9.17, 15) is 9.90 Å². The van der Waals surface area contributed by atoms with Crippen LogP contribution in [0, 0.1) is 17.2 Å². The molecule has 0 amide bonds. The molecule has 0 radical (unpaired) electrons. The molecule has 24 heavy (non-hydrogen) atoms. The second-order valence-electron chi connectivity index (χ2n) is 6.81. The van der Waals surface area contributed by atoms with E-state index in [0.29, 0.717) is 29.4 Å². The van der Waals surface area contributed by atoms with Gasteiger partial charge in [0.1, 0.15) is 11.6 Å². The summed E-state index contributed by atoms with van der Waals surface area (Å²) >= 11 is 0. The van der Waals surface area contributed by atoms with Gasteiger partial charge in [-0.15, -0.1) is 0 Å². The smallest absolute Gasteiger partial charge is 0.272 e. The lowest BCUT2D eigenvalue weighted by Crippen LogP contribution is -2.52. The Morgan fingerprint density at radius 1 is 1.50 bits per heavy atom. The molecule has 7 heteroatoms. The van der Waals surface area contributed by atoms with E-state index in [0.717, 1.165) is 12.8 Å². The molecule has 1 aliphatic carbocycles. The van der Waals surface area contributed by atoms with Crippen molar-refractivity contribution in [2.24, 2.45) is 5.92 Å². The first-order valence-electron chi connectivity index (χ1n) is 8.43. The van der Waals surface area contributed by atoms with Crippen molar-refractivity contribution in [2.45, 2.75) is 51.1 Å². The molecule has 2 aromatic heterocycles. The number of aromatic amines is 1. The monoisotopic (exact) mass is 329 g/mol. The highest BCUT2D eigenvalue weighted by Crippen LogP contribution is 2.32. The second-order valence-corrected chi connectivity index (χ2v) is 6.81. The molecule has 0 saturated heterocycles. The van der Waals surface area contributed by atoms with Crippen molar-refractivity contribution in [2.75, 3.05) is 6.61 Å². The van der Waals surface area contributed by atoms with Crippen molar-refractivity contribution in [3.63, 3.8) is 0 Å². The number of aromatic nitrogens is 3. The molecule has 2 heterocycles. The highest BCUT2D eigenvalue weighted by molar-refractivity contribution is 5.53. The van der Waals surface area contributed by atoms with Crippen molar-refractivity contribution in [1.29, 1.82) is 5.26 Å². The number of nitriles is 1. The fraction of sp³-hybridized carbons (Fsp3) is 0.588. The summed E-state index contributed by atoms with van der Waals surface area (Å²) < 4.78 is 1.26. The van der Waals surface area contributed by atoms with E-state index in [-0.39, 0.29) is 17.7 Å². The number of aliphatic hydroxyl groups is 1. The molecule has 0 bridgehead atoms. The minimum Gasteiger partial charge on any atom is -0.394 e. The van der Waals surface area contributed by atoms with E-state index in [2.05, 4.69) is 15.4 Å². The zero-order chi connectivity index (χ0) is 17.2. The molecule has 0 spiro atoms. The van der Waals surface area contributed by atoms with Gasteiger partial charge < -0.3 is 10.4 Å². The van der Waals surface area contributed by atoms with Crippen LogP contribution in [0.25, 0.3) is 5.65 Å². The molecule has 1 saturated carbocycles. The van der Waals surface area contributed by atoms with Gasteiger partial charge in [-0.3, -0.25) is 9.89 Å². The summed E-state index contributed by atoms with van der Waals surface area (Å²) in [5.74, 6) is 0.419. The van der Waals surface area contributed by atoms with Crippen LogP contribution in [-0.4, -0.2) is 31.9 Å². The molecule has 1 fully saturated rings. The number of aliphatic hydroxyl groups excluding tert-OH is 1. The van der Waals surface area contributed by atoms with Crippen LogP contribution in [0.5, 0.6) is 0 Å². The fourth-order valence-electron chi connectivity index (χ4n) is 3.56. The maximum atomic E-state index is 12.1. The number of hydrogen-bond acceptors (Lipinski definition) is 5. The molecular weight excluding hydrogens is 306 g/mol. The SMILES string of the molecule is CC(CO)(NCc1cc(=O)n2[nH]cc(C#N)c2n1)C1CCCCC1. The Morgan fingerprint density at radius 3 is 2.92 bits per heavy atom. The van der Waals surface area contributed by atoms with Crippen molar-refractivity contribution < 1.29 is 5.11 Å². The first kappa shape index (κ1) is 16.7. The van der Waals surface area contributed by atoms with E-state index in [1.165, 1.54) is 36.0 Å². The van der Waals surface area contributed by atoms with E-state index in [1.807, 2.05) is 13.0 Å². The molecule has 2 aromatic rings. The number of nitrogens with zero attached hydrogens (tertiary/aromatic N) is 3. The van der Waals surface area contributed by atoms with Crippen LogP contribution >= 0.6 is 0 Å². The van der Waals surface area contributed by atoms with E-state index >= 15 is 0 Å². The summed E-state index contributed by atoms with van der Waals surface area (Å²) in [5.41, 5.74) is 0.619. The standard InChI is InChI=1S/C17H23N5O2/c1-17(11-23,13-5-3-2-4-6-13)19-10-14-7-15(24)22-16(21-14)12(8-18)9-20-22/h7,9,13,19-20,23H,2-6,10-11H2,1H3. The molecule has 7 nitrogen and oxygen atoms in total. The molecule has 1 aliphatic rings. The summed E-state index contributed by atoms with van der Waals surface area (Å²) in [6.45, 7) is 2.47. The first-order chi connectivity index (χ1) is 11.6. The number of nitrogens with one attached hydrogen (secondary N) is 2. The molecule has 1 unspecified atom stereocenters. The Hall–Kier alpha value is -2.17. The maximum Gasteiger partial charge on any atom is 0.272 e. The van der Waals surface area contributed by atoms with Gasteiger partial charge >= 0.3 is 0 Å². The Balaban J connectivity index is 1.81. The minimum atomic E-state index is -0.385. The first-order valence-corrected chi connectivity index (χ1v) is 8.43. The minimum absolute atomic E-state index is 0.0481. The quantitative estimate of drug-likeness (QED) is 0.767. The van der Waals surface area contributed by atoms with E-state index in [4.69, 9.17) is 5.26 Å². The zero-order valence-corrected chi connectivity index (χ0v) is 13.9. The van der Waals surface area contributed by atoms with Crippen molar-refractivity contribution in [3.8, 4) is 6.07 Å². The molecular formula is C17H23N5O2. The highest BCUT2D eigenvalue weighted by Gasteiger charge is 2.34. The van der Waals surface area contributed by atoms with Gasteiger partial charge in [-0.1, -0.05) is 19.3 Å². The van der Waals surface area contributed by atoms with Gasteiger partial charge in [0.05, 0.1) is 12.3 Å². The Morgan fingerprint density at radius 2 is 2.25 bits per heavy atom. The van der Waals surface area contributed by atoms with E-state index < -0.39 is 0 Å². The van der Waals surface area contributed by atoms with Crippen LogP contribution in [0.15, 0.2) is 17.1 Å². The Labute approximate surface area is 140 Å². The van der Waals surface area contributed by atoms with Gasteiger partial charge in [0.25, 0.3) is 5.56 Å². The third-order valence-corrected chi connectivity index (χ3v) is 5.18. The largest absolute Gasteiger partial charge is 0.394 e. The predicted molar refractivity (Wildman–Crippen MR) is 89.4 cm³/mol. The Kier molecular flexibility index (Phi) is 4.69. The average molecular weight is 329 g/mol. The molecule has 128 valence electrons. The number of rotatable bonds is 5. The number of fused-ring (bicyclic) bond motifs is 1. The lowest BCUT2D eigenvalue weighted by atomic mass is 9.76. The highest BCUT2D eigenvalue weighted by atomic mass is 16.3. The van der Waals surface area contributed by atoms with Crippen molar-refractivity contribution in [3.05, 3.63) is 33.9 Å². The number of hydrogen-bond donors (Lipinski definition) is 3. The van der Waals surface area contributed by atoms with E-state index in [1.54, 1.807) is 0 Å². The normalized spacial score (nSPS) is 18.4. The van der Waals surface area contributed by atoms with Crippen LogP contribution in [0.3, 0.4) is 0 Å².